The van der Waals surface area contributed by atoms with Gasteiger partial charge < -0.3 is 14.7 Å². The van der Waals surface area contributed by atoms with Crippen molar-refractivity contribution in [3.8, 4) is 5.75 Å². The first-order valence-electron chi connectivity index (χ1n) is 5.94. The molecule has 18 heavy (non-hydrogen) atoms. The first-order chi connectivity index (χ1) is 8.58. The Morgan fingerprint density at radius 3 is 2.89 bits per heavy atom. The molecule has 0 aromatic heterocycles. The van der Waals surface area contributed by atoms with Gasteiger partial charge in [0.05, 0.1) is 0 Å². The van der Waals surface area contributed by atoms with Crippen LogP contribution in [-0.2, 0) is 0 Å². The van der Waals surface area contributed by atoms with Crippen LogP contribution in [0.2, 0.25) is 0 Å². The van der Waals surface area contributed by atoms with Gasteiger partial charge in [-0.25, -0.2) is 9.18 Å². The summed E-state index contributed by atoms with van der Waals surface area (Å²) >= 11 is 0. The highest BCUT2D eigenvalue weighted by Crippen LogP contribution is 2.25. The minimum atomic E-state index is -1.18. The van der Waals surface area contributed by atoms with E-state index in [-0.39, 0.29) is 11.3 Å². The molecule has 98 valence electrons. The van der Waals surface area contributed by atoms with Crippen molar-refractivity contribution < 1.29 is 19.0 Å². The molecule has 1 aromatic rings. The average Bonchev–Trinajstić information content (AvgIpc) is 3.14. The number of benzene rings is 1. The molecule has 1 fully saturated rings. The van der Waals surface area contributed by atoms with Gasteiger partial charge >= 0.3 is 5.97 Å². The topological polar surface area (TPSA) is 49.8 Å². The van der Waals surface area contributed by atoms with Crippen LogP contribution in [0.1, 0.15) is 23.2 Å². The lowest BCUT2D eigenvalue weighted by Gasteiger charge is -2.16. The third kappa shape index (κ3) is 3.20. The number of aromatic carboxylic acids is 1. The Morgan fingerprint density at radius 2 is 2.28 bits per heavy atom. The number of carbonyl (C=O) groups is 1. The Kier molecular flexibility index (Phi) is 3.81. The highest BCUT2D eigenvalue weighted by Gasteiger charge is 2.25. The van der Waals surface area contributed by atoms with Crippen molar-refractivity contribution in [3.05, 3.63) is 29.6 Å². The van der Waals surface area contributed by atoms with Gasteiger partial charge in [0.25, 0.3) is 0 Å². The number of nitrogens with zero attached hydrogens (tertiary/aromatic N) is 1. The number of hydrogen-bond acceptors (Lipinski definition) is 3. The predicted octanol–water partition coefficient (Wildman–Crippen LogP) is 2.00. The molecule has 0 spiro atoms. The quantitative estimate of drug-likeness (QED) is 0.842. The molecule has 2 rings (SSSR count). The summed E-state index contributed by atoms with van der Waals surface area (Å²) in [5.74, 6) is -1.54. The van der Waals surface area contributed by atoms with E-state index in [1.165, 1.54) is 25.0 Å². The Labute approximate surface area is 105 Å². The van der Waals surface area contributed by atoms with Gasteiger partial charge in [-0.05, 0) is 38.1 Å². The van der Waals surface area contributed by atoms with Crippen LogP contribution < -0.4 is 4.74 Å². The van der Waals surface area contributed by atoms with Crippen molar-refractivity contribution in [3.63, 3.8) is 0 Å². The minimum absolute atomic E-state index is 0.135. The zero-order valence-corrected chi connectivity index (χ0v) is 10.2. The maximum absolute atomic E-state index is 12.9. The summed E-state index contributed by atoms with van der Waals surface area (Å²) in [4.78, 5) is 13.1. The third-order valence-corrected chi connectivity index (χ3v) is 3.04. The van der Waals surface area contributed by atoms with E-state index in [1.807, 2.05) is 7.05 Å². The second-order valence-corrected chi connectivity index (χ2v) is 4.51. The summed E-state index contributed by atoms with van der Waals surface area (Å²) in [5.41, 5.74) is -0.135. The van der Waals surface area contributed by atoms with Gasteiger partial charge in [-0.3, -0.25) is 0 Å². The Morgan fingerprint density at radius 1 is 1.56 bits per heavy atom. The molecule has 0 saturated heterocycles. The molecule has 0 aliphatic heterocycles. The number of carboxylic acids is 1. The van der Waals surface area contributed by atoms with Gasteiger partial charge in [0.1, 0.15) is 23.7 Å². The molecule has 0 bridgehead atoms. The first-order valence-corrected chi connectivity index (χ1v) is 5.94. The predicted molar refractivity (Wildman–Crippen MR) is 64.5 cm³/mol. The summed E-state index contributed by atoms with van der Waals surface area (Å²) in [6.07, 6.45) is 2.43. The average molecular weight is 253 g/mol. The molecule has 0 atom stereocenters. The van der Waals surface area contributed by atoms with E-state index >= 15 is 0 Å². The molecule has 1 saturated carbocycles. The molecule has 0 amide bonds. The second-order valence-electron chi connectivity index (χ2n) is 4.51. The van der Waals surface area contributed by atoms with Crippen LogP contribution >= 0.6 is 0 Å². The zero-order chi connectivity index (χ0) is 13.1. The number of halogens is 1. The van der Waals surface area contributed by atoms with Gasteiger partial charge in [-0.2, -0.15) is 0 Å². The SMILES string of the molecule is CN(CCOc1ccc(F)cc1C(=O)O)C1CC1. The van der Waals surface area contributed by atoms with Crippen molar-refractivity contribution in [1.82, 2.24) is 4.90 Å². The molecule has 1 aromatic carbocycles. The van der Waals surface area contributed by atoms with E-state index in [0.29, 0.717) is 12.6 Å². The van der Waals surface area contributed by atoms with E-state index in [9.17, 15) is 9.18 Å². The van der Waals surface area contributed by atoms with E-state index in [4.69, 9.17) is 9.84 Å². The Balaban J connectivity index is 1.93. The summed E-state index contributed by atoms with van der Waals surface area (Å²) in [6, 6.07) is 4.17. The Bertz CT molecular complexity index is 446. The zero-order valence-electron chi connectivity index (χ0n) is 10.2. The summed E-state index contributed by atoms with van der Waals surface area (Å²) in [6.45, 7) is 1.14. The largest absolute Gasteiger partial charge is 0.491 e. The van der Waals surface area contributed by atoms with Gasteiger partial charge in [-0.15, -0.1) is 0 Å². The van der Waals surface area contributed by atoms with E-state index in [0.717, 1.165) is 12.6 Å². The number of ether oxygens (including phenoxy) is 1. The van der Waals surface area contributed by atoms with Crippen LogP contribution in [0.5, 0.6) is 5.75 Å². The fourth-order valence-corrected chi connectivity index (χ4v) is 1.79. The summed E-state index contributed by atoms with van der Waals surface area (Å²) in [7, 11) is 2.02. The van der Waals surface area contributed by atoms with Gasteiger partial charge in [0.2, 0.25) is 0 Å². The maximum Gasteiger partial charge on any atom is 0.339 e. The minimum Gasteiger partial charge on any atom is -0.491 e. The van der Waals surface area contributed by atoms with Crippen LogP contribution in [-0.4, -0.2) is 42.2 Å². The lowest BCUT2D eigenvalue weighted by Crippen LogP contribution is -2.26. The lowest BCUT2D eigenvalue weighted by molar-refractivity contribution is 0.0691. The molecule has 4 nitrogen and oxygen atoms in total. The van der Waals surface area contributed by atoms with Gasteiger partial charge in [-0.1, -0.05) is 0 Å². The number of likely N-dealkylation sites (N-methyl/N-ethyl adjacent to an activating group) is 1. The monoisotopic (exact) mass is 253 g/mol. The van der Waals surface area contributed by atoms with Crippen molar-refractivity contribution >= 4 is 5.97 Å². The number of rotatable bonds is 6. The number of carboxylic acid groups (broad SMARTS) is 1. The van der Waals surface area contributed by atoms with Crippen molar-refractivity contribution in [2.75, 3.05) is 20.2 Å². The standard InChI is InChI=1S/C13H16FNO3/c1-15(10-3-4-10)6-7-18-12-5-2-9(14)8-11(12)13(16)17/h2,5,8,10H,3-4,6-7H2,1H3,(H,16,17). The summed E-state index contributed by atoms with van der Waals surface area (Å²) < 4.78 is 18.4. The van der Waals surface area contributed by atoms with E-state index in [2.05, 4.69) is 4.90 Å². The van der Waals surface area contributed by atoms with Crippen LogP contribution in [0.25, 0.3) is 0 Å². The van der Waals surface area contributed by atoms with Crippen molar-refractivity contribution in [2.24, 2.45) is 0 Å². The molecule has 0 heterocycles. The highest BCUT2D eigenvalue weighted by molar-refractivity contribution is 5.90. The Hall–Kier alpha value is -1.62. The van der Waals surface area contributed by atoms with Gasteiger partial charge in [0, 0.05) is 12.6 Å². The smallest absolute Gasteiger partial charge is 0.339 e. The molecule has 1 aliphatic carbocycles. The molecule has 1 N–H and O–H groups in total. The fourth-order valence-electron chi connectivity index (χ4n) is 1.79. The van der Waals surface area contributed by atoms with Gasteiger partial charge in [0.15, 0.2) is 0 Å². The van der Waals surface area contributed by atoms with E-state index < -0.39 is 11.8 Å². The first kappa shape index (κ1) is 12.8. The molecule has 0 radical (unpaired) electrons. The lowest BCUT2D eigenvalue weighted by atomic mass is 10.2. The fraction of sp³-hybridized carbons (Fsp3) is 0.462. The molecule has 0 unspecified atom stereocenters. The molecular weight excluding hydrogens is 237 g/mol. The maximum atomic E-state index is 12.9. The van der Waals surface area contributed by atoms with Crippen LogP contribution in [0, 0.1) is 5.82 Å². The van der Waals surface area contributed by atoms with Crippen LogP contribution in [0.3, 0.4) is 0 Å². The summed E-state index contributed by atoms with van der Waals surface area (Å²) in [5, 5.41) is 8.94. The highest BCUT2D eigenvalue weighted by atomic mass is 19.1. The normalized spacial score (nSPS) is 14.8. The van der Waals surface area contributed by atoms with Crippen LogP contribution in [0.15, 0.2) is 18.2 Å². The molecular formula is C13H16FNO3. The molecule has 5 heteroatoms. The van der Waals surface area contributed by atoms with E-state index in [1.54, 1.807) is 0 Å². The number of hydrogen-bond donors (Lipinski definition) is 1. The third-order valence-electron chi connectivity index (χ3n) is 3.04. The van der Waals surface area contributed by atoms with Crippen molar-refractivity contribution in [2.45, 2.75) is 18.9 Å². The second kappa shape index (κ2) is 5.35. The van der Waals surface area contributed by atoms with Crippen molar-refractivity contribution in [1.29, 1.82) is 0 Å². The van der Waals surface area contributed by atoms with Crippen LogP contribution in [0.4, 0.5) is 4.39 Å². The molecule has 1 aliphatic rings.